The van der Waals surface area contributed by atoms with Crippen molar-refractivity contribution in [3.8, 4) is 0 Å². The van der Waals surface area contributed by atoms with Crippen LogP contribution in [0.3, 0.4) is 0 Å². The average molecular weight is 439 g/mol. The van der Waals surface area contributed by atoms with Gasteiger partial charge >= 0.3 is 11.5 Å². The Balaban J connectivity index is 0.000000828. The summed E-state index contributed by atoms with van der Waals surface area (Å²) in [7, 11) is -6.09. The van der Waals surface area contributed by atoms with E-state index in [1.807, 2.05) is 6.07 Å². The molecule has 0 atom stereocenters. The van der Waals surface area contributed by atoms with Crippen molar-refractivity contribution in [1.82, 2.24) is 0 Å². The van der Waals surface area contributed by atoms with E-state index < -0.39 is 15.6 Å². The van der Waals surface area contributed by atoms with Crippen LogP contribution in [0.5, 0.6) is 0 Å². The molecule has 1 aromatic carbocycles. The summed E-state index contributed by atoms with van der Waals surface area (Å²) in [6.07, 6.45) is 0.882. The second kappa shape index (κ2) is 11.9. The number of nitrogens with zero attached hydrogens (tertiary/aromatic N) is 1. The highest BCUT2D eigenvalue weighted by atomic mass is 32.2. The number of rotatable bonds is 9. The Morgan fingerprint density at radius 2 is 1.66 bits per heavy atom. The number of carbonyl (C=O) groups is 1. The zero-order valence-corrected chi connectivity index (χ0v) is 17.7. The third-order valence-corrected chi connectivity index (χ3v) is 4.91. The Hall–Kier alpha value is -1.91. The molecule has 0 saturated carbocycles. The Bertz CT molecular complexity index is 745. The smallest absolute Gasteiger partial charge is 0.485 e. The van der Waals surface area contributed by atoms with Crippen LogP contribution in [0.15, 0.2) is 42.5 Å². The van der Waals surface area contributed by atoms with Gasteiger partial charge < -0.3 is 13.8 Å². The summed E-state index contributed by atoms with van der Waals surface area (Å²) in [4.78, 5) is 11.4. The molecule has 0 fully saturated rings. The number of hydrogen-bond acceptors (Lipinski definition) is 5. The molecule has 6 nitrogen and oxygen atoms in total. The van der Waals surface area contributed by atoms with E-state index in [1.54, 1.807) is 6.92 Å². The number of esters is 1. The third kappa shape index (κ3) is 10.4. The number of hydrogen-bond donors (Lipinski definition) is 0. The molecule has 0 aliphatic rings. The number of benzene rings is 1. The van der Waals surface area contributed by atoms with Gasteiger partial charge in [-0.25, -0.2) is 13.2 Å². The SMILES string of the molecule is C=C(C)C(=O)OCCC[N+](CC)(CC)Cc1ccccc1.O=S(=O)([O-])C(F)(F)F. The fraction of sp³-hybridized carbons (Fsp3) is 0.526. The lowest BCUT2D eigenvalue weighted by Gasteiger charge is -2.37. The molecule has 0 aromatic heterocycles. The van der Waals surface area contributed by atoms with Crippen LogP contribution in [0.4, 0.5) is 13.2 Å². The average Bonchev–Trinajstić information content (AvgIpc) is 2.63. The molecule has 0 radical (unpaired) electrons. The van der Waals surface area contributed by atoms with Gasteiger partial charge in [-0.15, -0.1) is 0 Å². The molecule has 166 valence electrons. The minimum atomic E-state index is -6.09. The zero-order valence-electron chi connectivity index (χ0n) is 16.9. The van der Waals surface area contributed by atoms with Crippen molar-refractivity contribution in [2.24, 2.45) is 0 Å². The van der Waals surface area contributed by atoms with E-state index in [9.17, 15) is 18.0 Å². The van der Waals surface area contributed by atoms with E-state index in [0.717, 1.165) is 37.1 Å². The monoisotopic (exact) mass is 439 g/mol. The molecular weight excluding hydrogens is 411 g/mol. The van der Waals surface area contributed by atoms with Crippen LogP contribution in [0, 0.1) is 0 Å². The van der Waals surface area contributed by atoms with Gasteiger partial charge in [0.2, 0.25) is 0 Å². The van der Waals surface area contributed by atoms with Crippen molar-refractivity contribution in [2.75, 3.05) is 26.2 Å². The van der Waals surface area contributed by atoms with Gasteiger partial charge in [-0.2, -0.15) is 13.2 Å². The number of carbonyl (C=O) groups excluding carboxylic acids is 1. The van der Waals surface area contributed by atoms with E-state index in [4.69, 9.17) is 17.7 Å². The quantitative estimate of drug-likeness (QED) is 0.147. The normalized spacial score (nSPS) is 12.0. The standard InChI is InChI=1S/C18H28NO2.CHF3O3S/c1-5-19(6-2,15-17-11-8-7-9-12-17)13-10-14-21-18(20)16(3)4;2-1(3,4)8(5,6)7/h7-9,11-12H,3,5-6,10,13-15H2,1-2,4H3;(H,5,6,7)/q+1;/p-1. The minimum absolute atomic E-state index is 0.288. The van der Waals surface area contributed by atoms with Gasteiger partial charge in [-0.1, -0.05) is 36.9 Å². The molecule has 0 amide bonds. The summed E-state index contributed by atoms with van der Waals surface area (Å²) in [5.74, 6) is -0.288. The lowest BCUT2D eigenvalue weighted by atomic mass is 10.1. The summed E-state index contributed by atoms with van der Waals surface area (Å²) >= 11 is 0. The van der Waals surface area contributed by atoms with E-state index in [2.05, 4.69) is 44.7 Å². The van der Waals surface area contributed by atoms with Crippen LogP contribution < -0.4 is 0 Å². The molecule has 0 unspecified atom stereocenters. The highest BCUT2D eigenvalue weighted by molar-refractivity contribution is 7.86. The number of quaternary nitrogens is 1. The van der Waals surface area contributed by atoms with Crippen LogP contribution in [0.2, 0.25) is 0 Å². The topological polar surface area (TPSA) is 83.5 Å². The zero-order chi connectivity index (χ0) is 22.7. The molecule has 0 aliphatic heterocycles. The summed E-state index contributed by atoms with van der Waals surface area (Å²) in [6.45, 7) is 14.4. The Morgan fingerprint density at radius 1 is 1.17 bits per heavy atom. The predicted octanol–water partition coefficient (Wildman–Crippen LogP) is 3.60. The van der Waals surface area contributed by atoms with E-state index in [1.165, 1.54) is 5.56 Å². The van der Waals surface area contributed by atoms with E-state index in [0.29, 0.717) is 12.2 Å². The molecule has 0 saturated heterocycles. The first-order valence-electron chi connectivity index (χ1n) is 9.01. The Morgan fingerprint density at radius 3 is 2.03 bits per heavy atom. The van der Waals surface area contributed by atoms with Gasteiger partial charge in [-0.05, 0) is 20.8 Å². The molecule has 0 N–H and O–H groups in total. The molecule has 0 aliphatic carbocycles. The molecule has 1 rings (SSSR count). The van der Waals surface area contributed by atoms with Crippen molar-refractivity contribution in [3.05, 3.63) is 48.0 Å². The molecular formula is C19H28F3NO5S. The molecule has 10 heteroatoms. The summed E-state index contributed by atoms with van der Waals surface area (Å²) in [5.41, 5.74) is -3.82. The fourth-order valence-corrected chi connectivity index (χ4v) is 2.50. The van der Waals surface area contributed by atoms with Crippen molar-refractivity contribution < 1.29 is 40.2 Å². The van der Waals surface area contributed by atoms with Gasteiger partial charge in [0.15, 0.2) is 10.1 Å². The van der Waals surface area contributed by atoms with Gasteiger partial charge in [0, 0.05) is 17.6 Å². The number of alkyl halides is 3. The molecule has 0 heterocycles. The van der Waals surface area contributed by atoms with Crippen molar-refractivity contribution in [1.29, 1.82) is 0 Å². The van der Waals surface area contributed by atoms with Crippen LogP contribution in [-0.2, 0) is 26.2 Å². The van der Waals surface area contributed by atoms with Crippen LogP contribution >= 0.6 is 0 Å². The maximum absolute atomic E-state index is 11.4. The first kappa shape index (κ1) is 27.1. The Labute approximate surface area is 170 Å². The van der Waals surface area contributed by atoms with Gasteiger partial charge in [0.1, 0.15) is 6.54 Å². The van der Waals surface area contributed by atoms with Crippen molar-refractivity contribution >= 4 is 16.1 Å². The lowest BCUT2D eigenvalue weighted by molar-refractivity contribution is -0.938. The lowest BCUT2D eigenvalue weighted by Crippen LogP contribution is -2.47. The van der Waals surface area contributed by atoms with Crippen molar-refractivity contribution in [3.63, 3.8) is 0 Å². The van der Waals surface area contributed by atoms with E-state index >= 15 is 0 Å². The summed E-state index contributed by atoms with van der Waals surface area (Å²) in [5, 5.41) is 0. The van der Waals surface area contributed by atoms with E-state index in [-0.39, 0.29) is 5.97 Å². The molecule has 0 spiro atoms. The fourth-order valence-electron chi connectivity index (χ4n) is 2.50. The predicted molar refractivity (Wildman–Crippen MR) is 102 cm³/mol. The molecule has 29 heavy (non-hydrogen) atoms. The second-order valence-electron chi connectivity index (χ2n) is 6.51. The molecule has 1 aromatic rings. The maximum Gasteiger partial charge on any atom is 0.485 e. The summed E-state index contributed by atoms with van der Waals surface area (Å²) in [6, 6.07) is 10.6. The largest absolute Gasteiger partial charge is 0.741 e. The van der Waals surface area contributed by atoms with Crippen LogP contribution in [0.25, 0.3) is 0 Å². The highest BCUT2D eigenvalue weighted by Gasteiger charge is 2.36. The second-order valence-corrected chi connectivity index (χ2v) is 7.88. The number of halogens is 3. The van der Waals surface area contributed by atoms with Crippen molar-refractivity contribution in [2.45, 2.75) is 39.2 Å². The first-order valence-corrected chi connectivity index (χ1v) is 10.4. The van der Waals surface area contributed by atoms with Crippen LogP contribution in [-0.4, -0.2) is 55.2 Å². The third-order valence-electron chi connectivity index (χ3n) is 4.34. The minimum Gasteiger partial charge on any atom is -0.741 e. The van der Waals surface area contributed by atoms with Gasteiger partial charge in [0.25, 0.3) is 0 Å². The number of ether oxygens (including phenoxy) is 1. The van der Waals surface area contributed by atoms with Gasteiger partial charge in [-0.3, -0.25) is 0 Å². The van der Waals surface area contributed by atoms with Gasteiger partial charge in [0.05, 0.1) is 26.2 Å². The highest BCUT2D eigenvalue weighted by Crippen LogP contribution is 2.20. The first-order chi connectivity index (χ1) is 13.3. The summed E-state index contributed by atoms with van der Waals surface area (Å²) < 4.78 is 65.1. The maximum atomic E-state index is 11.4. The Kier molecular flexibility index (Phi) is 11.2. The van der Waals surface area contributed by atoms with Crippen LogP contribution in [0.1, 0.15) is 32.8 Å². The molecule has 0 bridgehead atoms.